The van der Waals surface area contributed by atoms with Crippen LogP contribution in [-0.2, 0) is 4.74 Å². The van der Waals surface area contributed by atoms with Crippen LogP contribution < -0.4 is 5.73 Å². The summed E-state index contributed by atoms with van der Waals surface area (Å²) in [7, 11) is 0. The number of hydrogen-bond acceptors (Lipinski definition) is 4. The van der Waals surface area contributed by atoms with E-state index in [0.29, 0.717) is 23.8 Å². The maximum atomic E-state index is 11.9. The van der Waals surface area contributed by atoms with Gasteiger partial charge in [-0.1, -0.05) is 12.8 Å². The van der Waals surface area contributed by atoms with E-state index in [2.05, 4.69) is 0 Å². The minimum Gasteiger partial charge on any atom is -0.460 e. The van der Waals surface area contributed by atoms with Crippen molar-refractivity contribution in [1.82, 2.24) is 0 Å². The number of nitrogen functional groups attached to an aromatic ring is 1. The number of rotatable bonds is 3. The van der Waals surface area contributed by atoms with Gasteiger partial charge in [-0.15, -0.1) is 0 Å². The lowest BCUT2D eigenvalue weighted by atomic mass is 10.1. The second-order valence-electron chi connectivity index (χ2n) is 5.16. The summed E-state index contributed by atoms with van der Waals surface area (Å²) >= 11 is 0. The van der Waals surface area contributed by atoms with Crippen LogP contribution >= 0.6 is 0 Å². The highest BCUT2D eigenvalue weighted by Gasteiger charge is 2.19. The van der Waals surface area contributed by atoms with Crippen molar-refractivity contribution in [2.24, 2.45) is 5.92 Å². The van der Waals surface area contributed by atoms with Gasteiger partial charge in [0.05, 0.1) is 6.61 Å². The van der Waals surface area contributed by atoms with Gasteiger partial charge < -0.3 is 14.9 Å². The van der Waals surface area contributed by atoms with E-state index in [-0.39, 0.29) is 11.7 Å². The van der Waals surface area contributed by atoms with E-state index >= 15 is 0 Å². The van der Waals surface area contributed by atoms with Crippen molar-refractivity contribution >= 4 is 22.6 Å². The third-order valence-electron chi connectivity index (χ3n) is 3.67. The van der Waals surface area contributed by atoms with E-state index in [1.54, 1.807) is 24.3 Å². The predicted molar refractivity (Wildman–Crippen MR) is 72.9 cm³/mol. The molecule has 100 valence electrons. The van der Waals surface area contributed by atoms with Gasteiger partial charge in [-0.05, 0) is 43.0 Å². The first kappa shape index (κ1) is 12.1. The van der Waals surface area contributed by atoms with E-state index in [0.717, 1.165) is 18.2 Å². The van der Waals surface area contributed by atoms with Crippen molar-refractivity contribution in [2.45, 2.75) is 25.7 Å². The summed E-state index contributed by atoms with van der Waals surface area (Å²) in [6, 6.07) is 6.98. The van der Waals surface area contributed by atoms with Crippen LogP contribution in [0.5, 0.6) is 0 Å². The van der Waals surface area contributed by atoms with Crippen LogP contribution in [0, 0.1) is 5.92 Å². The number of nitrogens with two attached hydrogens (primary N) is 1. The summed E-state index contributed by atoms with van der Waals surface area (Å²) < 4.78 is 10.8. The number of ether oxygens (including phenoxy) is 1. The molecule has 2 aromatic rings. The molecule has 0 atom stereocenters. The molecule has 4 heteroatoms. The van der Waals surface area contributed by atoms with Gasteiger partial charge in [-0.25, -0.2) is 4.79 Å². The minimum atomic E-state index is -0.387. The Kier molecular flexibility index (Phi) is 3.15. The summed E-state index contributed by atoms with van der Waals surface area (Å²) in [5.41, 5.74) is 7.00. The Morgan fingerprint density at radius 3 is 2.89 bits per heavy atom. The summed E-state index contributed by atoms with van der Waals surface area (Å²) in [5.74, 6) is 0.379. The number of esters is 1. The van der Waals surface area contributed by atoms with Crippen molar-refractivity contribution in [2.75, 3.05) is 12.3 Å². The highest BCUT2D eigenvalue weighted by atomic mass is 16.5. The van der Waals surface area contributed by atoms with Crippen molar-refractivity contribution < 1.29 is 13.9 Å². The molecule has 4 nitrogen and oxygen atoms in total. The molecular weight excluding hydrogens is 242 g/mol. The zero-order chi connectivity index (χ0) is 13.2. The first-order chi connectivity index (χ1) is 9.22. The molecule has 1 fully saturated rings. The molecule has 1 aliphatic rings. The van der Waals surface area contributed by atoms with E-state index in [1.165, 1.54) is 12.8 Å². The predicted octanol–water partition coefficient (Wildman–Crippen LogP) is 3.36. The van der Waals surface area contributed by atoms with Crippen LogP contribution in [0.2, 0.25) is 0 Å². The molecule has 2 N–H and O–H groups in total. The van der Waals surface area contributed by atoms with Crippen molar-refractivity contribution in [1.29, 1.82) is 0 Å². The zero-order valence-corrected chi connectivity index (χ0v) is 10.7. The number of benzene rings is 1. The quantitative estimate of drug-likeness (QED) is 0.678. The number of carbonyl (C=O) groups is 1. The smallest absolute Gasteiger partial charge is 0.374 e. The number of hydrogen-bond donors (Lipinski definition) is 1. The summed E-state index contributed by atoms with van der Waals surface area (Å²) in [4.78, 5) is 11.9. The van der Waals surface area contributed by atoms with Crippen LogP contribution in [0.25, 0.3) is 11.0 Å². The van der Waals surface area contributed by atoms with Gasteiger partial charge in [0.25, 0.3) is 0 Å². The van der Waals surface area contributed by atoms with E-state index in [9.17, 15) is 4.79 Å². The van der Waals surface area contributed by atoms with Crippen LogP contribution in [0.15, 0.2) is 28.7 Å². The largest absolute Gasteiger partial charge is 0.460 e. The second kappa shape index (κ2) is 4.96. The van der Waals surface area contributed by atoms with Crippen molar-refractivity contribution in [3.8, 4) is 0 Å². The normalized spacial score (nSPS) is 16.0. The number of furan rings is 1. The van der Waals surface area contributed by atoms with Gasteiger partial charge >= 0.3 is 5.97 Å². The summed E-state index contributed by atoms with van der Waals surface area (Å²) in [5, 5.41) is 0.827. The SMILES string of the molecule is Nc1ccc2oc(C(=O)OCC3CCCC3)cc2c1. The standard InChI is InChI=1S/C15H17NO3/c16-12-5-6-13-11(7-12)8-14(19-13)15(17)18-9-10-3-1-2-4-10/h5-8,10H,1-4,9,16H2. The maximum Gasteiger partial charge on any atom is 0.374 e. The molecule has 0 bridgehead atoms. The molecule has 19 heavy (non-hydrogen) atoms. The third-order valence-corrected chi connectivity index (χ3v) is 3.67. The lowest BCUT2D eigenvalue weighted by molar-refractivity contribution is 0.0409. The molecule has 0 radical (unpaired) electrons. The summed E-state index contributed by atoms with van der Waals surface area (Å²) in [6.45, 7) is 0.498. The molecule has 0 saturated heterocycles. The molecule has 1 heterocycles. The molecule has 0 amide bonds. The Balaban J connectivity index is 1.70. The average molecular weight is 259 g/mol. The number of carbonyl (C=O) groups excluding carboxylic acids is 1. The first-order valence-electron chi connectivity index (χ1n) is 6.68. The Morgan fingerprint density at radius 2 is 2.11 bits per heavy atom. The highest BCUT2D eigenvalue weighted by Crippen LogP contribution is 2.26. The Hall–Kier alpha value is -1.97. The second-order valence-corrected chi connectivity index (χ2v) is 5.16. The third kappa shape index (κ3) is 2.57. The number of anilines is 1. The summed E-state index contributed by atoms with van der Waals surface area (Å²) in [6.07, 6.45) is 4.80. The van der Waals surface area contributed by atoms with Gasteiger partial charge in [0.2, 0.25) is 5.76 Å². The fraction of sp³-hybridized carbons (Fsp3) is 0.400. The topological polar surface area (TPSA) is 65.5 Å². The molecular formula is C15H17NO3. The monoisotopic (exact) mass is 259 g/mol. The Morgan fingerprint density at radius 1 is 1.32 bits per heavy atom. The minimum absolute atomic E-state index is 0.249. The molecule has 0 aliphatic heterocycles. The van der Waals surface area contributed by atoms with Crippen LogP contribution in [0.4, 0.5) is 5.69 Å². The fourth-order valence-corrected chi connectivity index (χ4v) is 2.60. The van der Waals surface area contributed by atoms with Crippen LogP contribution in [0.1, 0.15) is 36.2 Å². The van der Waals surface area contributed by atoms with Crippen molar-refractivity contribution in [3.63, 3.8) is 0 Å². The molecule has 1 aliphatic carbocycles. The lowest BCUT2D eigenvalue weighted by Gasteiger charge is -2.08. The first-order valence-corrected chi connectivity index (χ1v) is 6.68. The van der Waals surface area contributed by atoms with Crippen LogP contribution in [-0.4, -0.2) is 12.6 Å². The van der Waals surface area contributed by atoms with Gasteiger partial charge in [0, 0.05) is 11.1 Å². The van der Waals surface area contributed by atoms with Gasteiger partial charge in [0.1, 0.15) is 5.58 Å². The van der Waals surface area contributed by atoms with Gasteiger partial charge in [-0.2, -0.15) is 0 Å². The van der Waals surface area contributed by atoms with Gasteiger partial charge in [-0.3, -0.25) is 0 Å². The molecule has 0 unspecified atom stereocenters. The molecule has 1 saturated carbocycles. The number of fused-ring (bicyclic) bond motifs is 1. The molecule has 0 spiro atoms. The Labute approximate surface area is 111 Å². The van der Waals surface area contributed by atoms with E-state index in [4.69, 9.17) is 14.9 Å². The molecule has 1 aromatic heterocycles. The highest BCUT2D eigenvalue weighted by molar-refractivity contribution is 5.93. The average Bonchev–Trinajstić information content (AvgIpc) is 3.04. The lowest BCUT2D eigenvalue weighted by Crippen LogP contribution is -2.11. The molecule has 3 rings (SSSR count). The maximum absolute atomic E-state index is 11.9. The van der Waals surface area contributed by atoms with Crippen LogP contribution in [0.3, 0.4) is 0 Å². The van der Waals surface area contributed by atoms with E-state index in [1.807, 2.05) is 0 Å². The zero-order valence-electron chi connectivity index (χ0n) is 10.7. The van der Waals surface area contributed by atoms with Crippen molar-refractivity contribution in [3.05, 3.63) is 30.0 Å². The van der Waals surface area contributed by atoms with Gasteiger partial charge in [0.15, 0.2) is 0 Å². The Bertz CT molecular complexity index is 596. The molecule has 1 aromatic carbocycles. The van der Waals surface area contributed by atoms with E-state index < -0.39 is 0 Å². The fourth-order valence-electron chi connectivity index (χ4n) is 2.60.